The molecule has 0 spiro atoms. The highest BCUT2D eigenvalue weighted by Crippen LogP contribution is 2.07. The molecule has 0 aliphatic carbocycles. The fourth-order valence-electron chi connectivity index (χ4n) is 3.90. The Morgan fingerprint density at radius 2 is 1.03 bits per heavy atom. The first-order chi connectivity index (χ1) is 14.6. The van der Waals surface area contributed by atoms with Gasteiger partial charge in [-0.25, -0.2) is 0 Å². The van der Waals surface area contributed by atoms with Crippen LogP contribution < -0.4 is 5.32 Å². The van der Waals surface area contributed by atoms with Gasteiger partial charge in [0.15, 0.2) is 0 Å². The van der Waals surface area contributed by atoms with Crippen molar-refractivity contribution in [1.29, 1.82) is 0 Å². The van der Waals surface area contributed by atoms with E-state index in [9.17, 15) is 9.59 Å². The van der Waals surface area contributed by atoms with E-state index in [0.29, 0.717) is 18.6 Å². The van der Waals surface area contributed by atoms with Gasteiger partial charge < -0.3 is 15.1 Å². The fraction of sp³-hybridized carbons (Fsp3) is 0.920. The number of rotatable bonds is 22. The third-order valence-electron chi connectivity index (χ3n) is 5.48. The van der Waals surface area contributed by atoms with E-state index in [0.717, 1.165) is 110 Å². The number of carbonyl (C=O) groups is 2. The van der Waals surface area contributed by atoms with E-state index >= 15 is 0 Å². The lowest BCUT2D eigenvalue weighted by Crippen LogP contribution is -2.32. The maximum absolute atomic E-state index is 12.1. The first kappa shape index (κ1) is 29.1. The van der Waals surface area contributed by atoms with E-state index in [4.69, 9.17) is 0 Å². The molecule has 0 fully saturated rings. The standard InChI is InChI=1S/C25H51N3O2/c1-5-18-27(19-6-2)22-15-24(29)14-12-10-9-11-13-17-26-25(30)16-23-28(20-7-3)21-8-4/h5-23H2,1-4H3,(H,26,30). The second-order valence-electron chi connectivity index (χ2n) is 8.59. The Labute approximate surface area is 187 Å². The summed E-state index contributed by atoms with van der Waals surface area (Å²) in [7, 11) is 0. The average Bonchev–Trinajstić information content (AvgIpc) is 2.72. The minimum absolute atomic E-state index is 0.179. The smallest absolute Gasteiger partial charge is 0.221 e. The molecule has 1 N–H and O–H groups in total. The number of unbranched alkanes of at least 4 members (excludes halogenated alkanes) is 4. The summed E-state index contributed by atoms with van der Waals surface area (Å²) in [4.78, 5) is 28.9. The Morgan fingerprint density at radius 3 is 1.57 bits per heavy atom. The van der Waals surface area contributed by atoms with Gasteiger partial charge in [-0.1, -0.05) is 47.0 Å². The van der Waals surface area contributed by atoms with Gasteiger partial charge in [0.1, 0.15) is 5.78 Å². The lowest BCUT2D eigenvalue weighted by atomic mass is 10.1. The predicted octanol–water partition coefficient (Wildman–Crippen LogP) is 5.04. The van der Waals surface area contributed by atoms with Gasteiger partial charge in [0, 0.05) is 38.9 Å². The second kappa shape index (κ2) is 21.3. The summed E-state index contributed by atoms with van der Waals surface area (Å²) in [5.74, 6) is 0.595. The topological polar surface area (TPSA) is 52.7 Å². The zero-order valence-electron chi connectivity index (χ0n) is 20.6. The van der Waals surface area contributed by atoms with E-state index in [2.05, 4.69) is 42.8 Å². The van der Waals surface area contributed by atoms with Gasteiger partial charge in [0.2, 0.25) is 5.91 Å². The van der Waals surface area contributed by atoms with E-state index in [1.807, 2.05) is 0 Å². The van der Waals surface area contributed by atoms with Crippen LogP contribution in [-0.2, 0) is 9.59 Å². The number of hydrogen-bond donors (Lipinski definition) is 1. The van der Waals surface area contributed by atoms with Crippen molar-refractivity contribution in [1.82, 2.24) is 15.1 Å². The van der Waals surface area contributed by atoms with Crippen LogP contribution >= 0.6 is 0 Å². The van der Waals surface area contributed by atoms with Crippen molar-refractivity contribution in [2.75, 3.05) is 45.8 Å². The molecule has 0 saturated heterocycles. The largest absolute Gasteiger partial charge is 0.356 e. The quantitative estimate of drug-likeness (QED) is 0.247. The van der Waals surface area contributed by atoms with Gasteiger partial charge in [0.05, 0.1) is 0 Å². The summed E-state index contributed by atoms with van der Waals surface area (Å²) in [6.07, 6.45) is 12.1. The monoisotopic (exact) mass is 425 g/mol. The molecule has 0 rings (SSSR count). The fourth-order valence-corrected chi connectivity index (χ4v) is 3.90. The number of nitrogens with zero attached hydrogens (tertiary/aromatic N) is 2. The maximum Gasteiger partial charge on any atom is 0.221 e. The Bertz CT molecular complexity index is 365. The highest BCUT2D eigenvalue weighted by Gasteiger charge is 2.08. The van der Waals surface area contributed by atoms with Crippen LogP contribution in [0.2, 0.25) is 0 Å². The summed E-state index contributed by atoms with van der Waals surface area (Å²) < 4.78 is 0. The van der Waals surface area contributed by atoms with Gasteiger partial charge >= 0.3 is 0 Å². The minimum Gasteiger partial charge on any atom is -0.356 e. The second-order valence-corrected chi connectivity index (χ2v) is 8.59. The molecular weight excluding hydrogens is 374 g/mol. The van der Waals surface area contributed by atoms with Crippen molar-refractivity contribution in [2.45, 2.75) is 105 Å². The third kappa shape index (κ3) is 17.9. The molecular formula is C25H51N3O2. The van der Waals surface area contributed by atoms with E-state index in [1.54, 1.807) is 0 Å². The first-order valence-corrected chi connectivity index (χ1v) is 12.8. The molecule has 0 aliphatic rings. The van der Waals surface area contributed by atoms with E-state index < -0.39 is 0 Å². The lowest BCUT2D eigenvalue weighted by Gasteiger charge is -2.20. The summed E-state index contributed by atoms with van der Waals surface area (Å²) in [5.41, 5.74) is 0. The Kier molecular flexibility index (Phi) is 20.6. The van der Waals surface area contributed by atoms with Crippen molar-refractivity contribution < 1.29 is 9.59 Å². The van der Waals surface area contributed by atoms with Crippen LogP contribution in [0.25, 0.3) is 0 Å². The molecule has 0 bridgehead atoms. The zero-order valence-corrected chi connectivity index (χ0v) is 20.6. The first-order valence-electron chi connectivity index (χ1n) is 12.8. The zero-order chi connectivity index (χ0) is 22.5. The lowest BCUT2D eigenvalue weighted by molar-refractivity contribution is -0.121. The van der Waals surface area contributed by atoms with Gasteiger partial charge in [-0.05, 0) is 64.7 Å². The number of Topliss-reactive ketones (excluding diaryl/α,β-unsaturated/α-hetero) is 1. The summed E-state index contributed by atoms with van der Waals surface area (Å²) in [6.45, 7) is 15.7. The van der Waals surface area contributed by atoms with Gasteiger partial charge in [0.25, 0.3) is 0 Å². The van der Waals surface area contributed by atoms with Crippen LogP contribution in [0.15, 0.2) is 0 Å². The number of ketones is 1. The van der Waals surface area contributed by atoms with Crippen LogP contribution in [-0.4, -0.2) is 67.3 Å². The molecule has 0 aromatic rings. The van der Waals surface area contributed by atoms with E-state index in [-0.39, 0.29) is 5.91 Å². The van der Waals surface area contributed by atoms with Gasteiger partial charge in [-0.3, -0.25) is 9.59 Å². The van der Waals surface area contributed by atoms with Crippen molar-refractivity contribution >= 4 is 11.7 Å². The van der Waals surface area contributed by atoms with Crippen LogP contribution in [0.4, 0.5) is 0 Å². The maximum atomic E-state index is 12.1. The Morgan fingerprint density at radius 1 is 0.567 bits per heavy atom. The SMILES string of the molecule is CCCN(CCC)CCC(=O)CCCCCCCNC(=O)CCN(CCC)CCC. The van der Waals surface area contributed by atoms with Gasteiger partial charge in [-0.15, -0.1) is 0 Å². The highest BCUT2D eigenvalue weighted by molar-refractivity contribution is 5.78. The van der Waals surface area contributed by atoms with Crippen LogP contribution in [0, 0.1) is 0 Å². The number of hydrogen-bond acceptors (Lipinski definition) is 4. The Balaban J connectivity index is 3.60. The molecule has 0 heterocycles. The summed E-state index contributed by atoms with van der Waals surface area (Å²) in [6, 6.07) is 0. The molecule has 5 heteroatoms. The van der Waals surface area contributed by atoms with Crippen molar-refractivity contribution in [3.63, 3.8) is 0 Å². The molecule has 178 valence electrons. The minimum atomic E-state index is 0.179. The van der Waals surface area contributed by atoms with Crippen LogP contribution in [0.5, 0.6) is 0 Å². The van der Waals surface area contributed by atoms with Crippen molar-refractivity contribution in [2.24, 2.45) is 0 Å². The molecule has 0 unspecified atom stereocenters. The number of nitrogens with one attached hydrogen (secondary N) is 1. The summed E-state index contributed by atoms with van der Waals surface area (Å²) >= 11 is 0. The molecule has 5 nitrogen and oxygen atoms in total. The number of amides is 1. The molecule has 30 heavy (non-hydrogen) atoms. The van der Waals surface area contributed by atoms with E-state index in [1.165, 1.54) is 0 Å². The molecule has 0 aromatic carbocycles. The predicted molar refractivity (Wildman–Crippen MR) is 129 cm³/mol. The normalized spacial score (nSPS) is 11.4. The molecule has 0 atom stereocenters. The highest BCUT2D eigenvalue weighted by atomic mass is 16.1. The van der Waals surface area contributed by atoms with Gasteiger partial charge in [-0.2, -0.15) is 0 Å². The molecule has 1 amide bonds. The van der Waals surface area contributed by atoms with Crippen LogP contribution in [0.1, 0.15) is 105 Å². The van der Waals surface area contributed by atoms with Crippen molar-refractivity contribution in [3.05, 3.63) is 0 Å². The number of carbonyl (C=O) groups excluding carboxylic acids is 2. The average molecular weight is 426 g/mol. The Hall–Kier alpha value is -0.940. The molecule has 0 radical (unpaired) electrons. The molecule has 0 aliphatic heterocycles. The molecule has 0 aromatic heterocycles. The summed E-state index contributed by atoms with van der Waals surface area (Å²) in [5, 5.41) is 3.05. The van der Waals surface area contributed by atoms with Crippen molar-refractivity contribution in [3.8, 4) is 0 Å². The molecule has 0 saturated carbocycles. The third-order valence-corrected chi connectivity index (χ3v) is 5.48. The van der Waals surface area contributed by atoms with Crippen LogP contribution in [0.3, 0.4) is 0 Å².